The van der Waals surface area contributed by atoms with Crippen LogP contribution in [0.4, 0.5) is 0 Å². The van der Waals surface area contributed by atoms with Gasteiger partial charge >= 0.3 is 0 Å². The SMILES string of the molecule is CCN(CC)CCSP(=O)(CC)OCC(C)C. The monoisotopic (exact) mass is 281 g/mol. The molecule has 17 heavy (non-hydrogen) atoms. The first-order valence-corrected chi connectivity index (χ1v) is 9.97. The lowest BCUT2D eigenvalue weighted by atomic mass is 10.2. The standard InChI is InChI=1S/C12H28NO2PS/c1-6-13(7-2)9-10-17-16(14,8-3)15-11-12(4)5/h12H,6-11H2,1-5H3. The Morgan fingerprint density at radius 2 is 1.82 bits per heavy atom. The number of hydrogen-bond donors (Lipinski definition) is 0. The van der Waals surface area contributed by atoms with Crippen LogP contribution >= 0.6 is 18.0 Å². The molecule has 0 radical (unpaired) electrons. The lowest BCUT2D eigenvalue weighted by molar-refractivity contribution is 0.280. The van der Waals surface area contributed by atoms with Gasteiger partial charge in [0.1, 0.15) is 0 Å². The summed E-state index contributed by atoms with van der Waals surface area (Å²) in [6, 6.07) is 0. The van der Waals surface area contributed by atoms with E-state index < -0.39 is 6.57 Å². The summed E-state index contributed by atoms with van der Waals surface area (Å²) in [6.45, 7) is 11.7. The highest BCUT2D eigenvalue weighted by Gasteiger charge is 2.21. The Morgan fingerprint density at radius 3 is 2.24 bits per heavy atom. The molecule has 0 amide bonds. The van der Waals surface area contributed by atoms with Gasteiger partial charge in [-0.1, -0.05) is 46.0 Å². The Bertz CT molecular complexity index is 233. The van der Waals surface area contributed by atoms with Gasteiger partial charge in [0.25, 0.3) is 6.57 Å². The second-order valence-electron chi connectivity index (χ2n) is 4.48. The second-order valence-corrected chi connectivity index (χ2v) is 9.70. The zero-order valence-electron chi connectivity index (χ0n) is 11.9. The molecule has 0 bridgehead atoms. The lowest BCUT2D eigenvalue weighted by Gasteiger charge is -2.21. The van der Waals surface area contributed by atoms with E-state index in [1.165, 1.54) is 11.4 Å². The smallest absolute Gasteiger partial charge is 0.257 e. The van der Waals surface area contributed by atoms with Crippen molar-refractivity contribution in [1.29, 1.82) is 0 Å². The third kappa shape index (κ3) is 8.25. The van der Waals surface area contributed by atoms with Crippen LogP contribution < -0.4 is 0 Å². The molecule has 0 fully saturated rings. The van der Waals surface area contributed by atoms with E-state index in [9.17, 15) is 4.57 Å². The topological polar surface area (TPSA) is 29.5 Å². The highest BCUT2D eigenvalue weighted by molar-refractivity contribution is 8.56. The molecule has 104 valence electrons. The van der Waals surface area contributed by atoms with E-state index in [4.69, 9.17) is 4.52 Å². The van der Waals surface area contributed by atoms with E-state index >= 15 is 0 Å². The molecule has 3 nitrogen and oxygen atoms in total. The van der Waals surface area contributed by atoms with Gasteiger partial charge in [-0.25, -0.2) is 0 Å². The molecular formula is C12H28NO2PS. The molecule has 0 aliphatic carbocycles. The molecule has 0 aromatic heterocycles. The molecular weight excluding hydrogens is 253 g/mol. The Kier molecular flexibility index (Phi) is 9.71. The zero-order valence-corrected chi connectivity index (χ0v) is 13.7. The van der Waals surface area contributed by atoms with E-state index in [0.717, 1.165) is 25.4 Å². The fourth-order valence-corrected chi connectivity index (χ4v) is 4.95. The van der Waals surface area contributed by atoms with Gasteiger partial charge in [0.15, 0.2) is 0 Å². The summed E-state index contributed by atoms with van der Waals surface area (Å²) in [7, 11) is 0. The molecule has 0 aromatic rings. The molecule has 0 spiro atoms. The van der Waals surface area contributed by atoms with Crippen LogP contribution in [0.1, 0.15) is 34.6 Å². The van der Waals surface area contributed by atoms with E-state index in [0.29, 0.717) is 18.7 Å². The van der Waals surface area contributed by atoms with Crippen molar-refractivity contribution in [2.75, 3.05) is 38.2 Å². The van der Waals surface area contributed by atoms with Gasteiger partial charge in [0.05, 0.1) is 6.61 Å². The molecule has 0 aliphatic rings. The first kappa shape index (κ1) is 17.5. The number of nitrogens with zero attached hydrogens (tertiary/aromatic N) is 1. The summed E-state index contributed by atoms with van der Waals surface area (Å²) in [5, 5.41) is 0. The fraction of sp³-hybridized carbons (Fsp3) is 1.00. The predicted octanol–water partition coefficient (Wildman–Crippen LogP) is 3.95. The third-order valence-corrected chi connectivity index (χ3v) is 7.48. The van der Waals surface area contributed by atoms with Gasteiger partial charge in [-0.05, 0) is 19.0 Å². The molecule has 1 unspecified atom stereocenters. The maximum Gasteiger partial charge on any atom is 0.257 e. The number of rotatable bonds is 10. The Labute approximate surface area is 111 Å². The molecule has 0 saturated carbocycles. The summed E-state index contributed by atoms with van der Waals surface area (Å²) < 4.78 is 18.0. The van der Waals surface area contributed by atoms with E-state index in [2.05, 4.69) is 32.6 Å². The molecule has 0 rings (SSSR count). The van der Waals surface area contributed by atoms with Crippen molar-refractivity contribution in [3.8, 4) is 0 Å². The fourth-order valence-electron chi connectivity index (χ4n) is 1.33. The van der Waals surface area contributed by atoms with Crippen molar-refractivity contribution >= 4 is 18.0 Å². The minimum Gasteiger partial charge on any atom is -0.321 e. The second kappa shape index (κ2) is 9.43. The van der Waals surface area contributed by atoms with Crippen LogP contribution in [-0.2, 0) is 9.09 Å². The molecule has 0 aliphatic heterocycles. The van der Waals surface area contributed by atoms with Gasteiger partial charge in [0.2, 0.25) is 0 Å². The summed E-state index contributed by atoms with van der Waals surface area (Å²) >= 11 is 1.52. The first-order valence-electron chi connectivity index (χ1n) is 6.57. The van der Waals surface area contributed by atoms with Gasteiger partial charge < -0.3 is 9.42 Å². The highest BCUT2D eigenvalue weighted by atomic mass is 32.7. The highest BCUT2D eigenvalue weighted by Crippen LogP contribution is 2.59. The van der Waals surface area contributed by atoms with Crippen LogP contribution in [-0.4, -0.2) is 43.1 Å². The van der Waals surface area contributed by atoms with E-state index in [1.807, 2.05) is 6.92 Å². The minimum atomic E-state index is -2.44. The van der Waals surface area contributed by atoms with Gasteiger partial charge in [0, 0.05) is 18.5 Å². The maximum absolute atomic E-state index is 12.4. The van der Waals surface area contributed by atoms with Crippen molar-refractivity contribution in [2.24, 2.45) is 5.92 Å². The van der Waals surface area contributed by atoms with Gasteiger partial charge in [-0.15, -0.1) is 0 Å². The molecule has 5 heteroatoms. The summed E-state index contributed by atoms with van der Waals surface area (Å²) in [5.41, 5.74) is 0. The predicted molar refractivity (Wildman–Crippen MR) is 79.2 cm³/mol. The van der Waals surface area contributed by atoms with Crippen LogP contribution in [0.5, 0.6) is 0 Å². The van der Waals surface area contributed by atoms with Crippen LogP contribution in [0.25, 0.3) is 0 Å². The van der Waals surface area contributed by atoms with Crippen LogP contribution in [0.3, 0.4) is 0 Å². The maximum atomic E-state index is 12.4. The van der Waals surface area contributed by atoms with Gasteiger partial charge in [-0.2, -0.15) is 0 Å². The first-order chi connectivity index (χ1) is 7.97. The molecule has 0 saturated heterocycles. The third-order valence-electron chi connectivity index (χ3n) is 2.58. The van der Waals surface area contributed by atoms with E-state index in [1.54, 1.807) is 0 Å². The van der Waals surface area contributed by atoms with Gasteiger partial charge in [-0.3, -0.25) is 4.57 Å². The average Bonchev–Trinajstić information content (AvgIpc) is 2.32. The van der Waals surface area contributed by atoms with E-state index in [-0.39, 0.29) is 0 Å². The molecule has 1 atom stereocenters. The Hall–Kier alpha value is 0.500. The van der Waals surface area contributed by atoms with Crippen molar-refractivity contribution in [2.45, 2.75) is 34.6 Å². The van der Waals surface area contributed by atoms with Crippen molar-refractivity contribution in [3.05, 3.63) is 0 Å². The largest absolute Gasteiger partial charge is 0.321 e. The van der Waals surface area contributed by atoms with Crippen LogP contribution in [0.2, 0.25) is 0 Å². The van der Waals surface area contributed by atoms with Crippen LogP contribution in [0.15, 0.2) is 0 Å². The quantitative estimate of drug-likeness (QED) is 0.567. The lowest BCUT2D eigenvalue weighted by Crippen LogP contribution is -2.25. The van der Waals surface area contributed by atoms with Crippen molar-refractivity contribution in [1.82, 2.24) is 4.90 Å². The minimum absolute atomic E-state index is 0.443. The number of hydrogen-bond acceptors (Lipinski definition) is 4. The summed E-state index contributed by atoms with van der Waals surface area (Å²) in [6.07, 6.45) is 0.628. The average molecular weight is 281 g/mol. The Morgan fingerprint density at radius 1 is 1.24 bits per heavy atom. The molecule has 0 N–H and O–H groups in total. The van der Waals surface area contributed by atoms with Crippen molar-refractivity contribution < 1.29 is 9.09 Å². The normalized spacial score (nSPS) is 15.5. The zero-order chi connectivity index (χ0) is 13.3. The van der Waals surface area contributed by atoms with Crippen LogP contribution in [0, 0.1) is 5.92 Å². The molecule has 0 heterocycles. The Balaban J connectivity index is 3.98. The van der Waals surface area contributed by atoms with Crippen molar-refractivity contribution in [3.63, 3.8) is 0 Å². The summed E-state index contributed by atoms with van der Waals surface area (Å²) in [5.74, 6) is 1.34. The molecule has 0 aromatic carbocycles. The summed E-state index contributed by atoms with van der Waals surface area (Å²) in [4.78, 5) is 2.34.